The van der Waals surface area contributed by atoms with Crippen LogP contribution in [-0.2, 0) is 0 Å². The van der Waals surface area contributed by atoms with Gasteiger partial charge in [-0.05, 0) is 39.0 Å². The molecule has 1 N–H and O–H groups in total. The number of urea groups is 1. The van der Waals surface area contributed by atoms with Crippen LogP contribution in [0.2, 0.25) is 0 Å². The maximum absolute atomic E-state index is 12.1. The first-order valence-corrected chi connectivity index (χ1v) is 6.26. The summed E-state index contributed by atoms with van der Waals surface area (Å²) in [5.41, 5.74) is 0.101. The van der Waals surface area contributed by atoms with Crippen molar-refractivity contribution in [3.8, 4) is 0 Å². The summed E-state index contributed by atoms with van der Waals surface area (Å²) in [7, 11) is 0. The van der Waals surface area contributed by atoms with E-state index in [1.165, 1.54) is 0 Å². The third kappa shape index (κ3) is 3.30. The van der Waals surface area contributed by atoms with E-state index in [4.69, 9.17) is 0 Å². The quantitative estimate of drug-likeness (QED) is 0.772. The molecule has 1 fully saturated rings. The van der Waals surface area contributed by atoms with Gasteiger partial charge in [-0.15, -0.1) is 0 Å². The Labute approximate surface area is 113 Å². The number of hydrogen-bond acceptors (Lipinski definition) is 1. The van der Waals surface area contributed by atoms with Crippen LogP contribution in [0.25, 0.3) is 0 Å². The summed E-state index contributed by atoms with van der Waals surface area (Å²) in [4.78, 5) is 14.2. The summed E-state index contributed by atoms with van der Waals surface area (Å²) in [5, 5.41) is 3.00. The van der Waals surface area contributed by atoms with Gasteiger partial charge in [0.05, 0.1) is 0 Å². The maximum atomic E-state index is 12.1. The third-order valence-electron chi connectivity index (χ3n) is 3.91. The molecule has 1 rings (SSSR count). The van der Waals surface area contributed by atoms with Gasteiger partial charge >= 0.3 is 6.03 Å². The molecule has 3 nitrogen and oxygen atoms in total. The van der Waals surface area contributed by atoms with Crippen molar-refractivity contribution in [2.75, 3.05) is 6.54 Å². The van der Waals surface area contributed by atoms with Crippen LogP contribution in [0.1, 0.15) is 54.4 Å². The summed E-state index contributed by atoms with van der Waals surface area (Å²) in [6, 6.07) is 0.294. The fourth-order valence-corrected chi connectivity index (χ4v) is 2.39. The molecule has 0 bridgehead atoms. The van der Waals surface area contributed by atoms with Crippen molar-refractivity contribution in [3.05, 3.63) is 0 Å². The minimum absolute atomic E-state index is 0. The fraction of sp³-hybridized carbons (Fsp3) is 0.923. The minimum Gasteiger partial charge on any atom is -0.336 e. The number of likely N-dealkylation sites (tertiary alicyclic amines) is 1. The lowest BCUT2D eigenvalue weighted by molar-refractivity contribution is 0.0670. The molecule has 0 saturated carbocycles. The van der Waals surface area contributed by atoms with Crippen molar-refractivity contribution in [2.24, 2.45) is 5.41 Å². The van der Waals surface area contributed by atoms with Crippen LogP contribution < -0.4 is 5.32 Å². The number of carbonyl (C=O) groups excluding carboxylic acids is 1. The maximum Gasteiger partial charge on any atom is 0.318 e. The van der Waals surface area contributed by atoms with E-state index < -0.39 is 0 Å². The number of hydrogen-bond donors (Lipinski definition) is 1. The lowest BCUT2D eigenvalue weighted by atomic mass is 9.73. The monoisotopic (exact) mass is 260 g/mol. The Morgan fingerprint density at radius 1 is 1.35 bits per heavy atom. The first kappa shape index (κ1) is 16.6. The molecule has 2 amide bonds. The van der Waals surface area contributed by atoms with E-state index in [2.05, 4.69) is 33.0 Å². The van der Waals surface area contributed by atoms with Gasteiger partial charge in [-0.1, -0.05) is 20.8 Å². The van der Waals surface area contributed by atoms with E-state index in [1.807, 2.05) is 18.7 Å². The average Bonchev–Trinajstić information content (AvgIpc) is 2.46. The minimum atomic E-state index is -0.0219. The Kier molecular flexibility index (Phi) is 5.38. The normalized spacial score (nSPS) is 24.8. The third-order valence-corrected chi connectivity index (χ3v) is 3.91. The first-order chi connectivity index (χ1) is 7.18. The zero-order chi connectivity index (χ0) is 12.6. The summed E-state index contributed by atoms with van der Waals surface area (Å²) in [6.07, 6.45) is 2.21. The van der Waals surface area contributed by atoms with Gasteiger partial charge in [0.15, 0.2) is 0 Å². The molecule has 0 aromatic heterocycles. The second-order valence-electron chi connectivity index (χ2n) is 6.38. The molecule has 0 aromatic carbocycles. The molecular formula is C13H28N2OS. The fourth-order valence-electron chi connectivity index (χ4n) is 2.39. The van der Waals surface area contributed by atoms with Crippen LogP contribution in [-0.4, -0.2) is 29.1 Å². The van der Waals surface area contributed by atoms with E-state index in [1.54, 1.807) is 0 Å². The van der Waals surface area contributed by atoms with Crippen molar-refractivity contribution in [2.45, 2.75) is 66.0 Å². The molecule has 0 radical (unpaired) electrons. The second kappa shape index (κ2) is 5.51. The van der Waals surface area contributed by atoms with E-state index in [0.29, 0.717) is 0 Å². The zero-order valence-corrected chi connectivity index (χ0v) is 13.1. The van der Waals surface area contributed by atoms with Crippen LogP contribution in [0, 0.1) is 5.41 Å². The molecule has 0 spiro atoms. The molecular weight excluding hydrogens is 232 g/mol. The Hall–Kier alpha value is -0.380. The van der Waals surface area contributed by atoms with Gasteiger partial charge in [-0.25, -0.2) is 4.79 Å². The van der Waals surface area contributed by atoms with Crippen LogP contribution in [0.4, 0.5) is 4.79 Å². The Morgan fingerprint density at radius 2 is 1.88 bits per heavy atom. The highest BCUT2D eigenvalue weighted by Gasteiger charge is 2.47. The van der Waals surface area contributed by atoms with Gasteiger partial charge in [0.25, 0.3) is 0 Å². The molecule has 4 heteroatoms. The molecule has 0 aliphatic carbocycles. The summed E-state index contributed by atoms with van der Waals surface area (Å²) < 4.78 is 0. The molecule has 1 aliphatic heterocycles. The van der Waals surface area contributed by atoms with Gasteiger partial charge in [0, 0.05) is 18.1 Å². The van der Waals surface area contributed by atoms with E-state index in [-0.39, 0.29) is 36.5 Å². The summed E-state index contributed by atoms with van der Waals surface area (Å²) in [5.74, 6) is 0. The molecule has 1 atom stereocenters. The topological polar surface area (TPSA) is 32.3 Å². The van der Waals surface area contributed by atoms with Crippen molar-refractivity contribution in [1.29, 1.82) is 0 Å². The first-order valence-electron chi connectivity index (χ1n) is 6.26. The average molecular weight is 260 g/mol. The molecule has 0 unspecified atom stereocenters. The number of nitrogens with zero attached hydrogens (tertiary/aromatic N) is 1. The molecule has 0 aromatic rings. The number of nitrogens with one attached hydrogen (secondary N) is 1. The largest absolute Gasteiger partial charge is 0.336 e. The van der Waals surface area contributed by atoms with E-state index >= 15 is 0 Å². The lowest BCUT2D eigenvalue weighted by Crippen LogP contribution is -2.57. The Balaban J connectivity index is 0.00000256. The van der Waals surface area contributed by atoms with E-state index in [9.17, 15) is 4.79 Å². The number of rotatable bonds is 1. The highest BCUT2D eigenvalue weighted by atomic mass is 32.1. The molecule has 17 heavy (non-hydrogen) atoms. The van der Waals surface area contributed by atoms with Crippen molar-refractivity contribution in [1.82, 2.24) is 10.2 Å². The molecule has 1 aliphatic rings. The SMILES string of the molecule is CC(C)NC(=O)N1CCC[C@@]1(C)C(C)(C)C.S. The van der Waals surface area contributed by atoms with E-state index in [0.717, 1.165) is 19.4 Å². The summed E-state index contributed by atoms with van der Waals surface area (Å²) >= 11 is 0. The van der Waals surface area contributed by atoms with Gasteiger partial charge in [0.1, 0.15) is 0 Å². The van der Waals surface area contributed by atoms with Crippen LogP contribution >= 0.6 is 13.5 Å². The molecule has 1 saturated heterocycles. The number of carbonyl (C=O) groups is 1. The van der Waals surface area contributed by atoms with Crippen LogP contribution in [0.15, 0.2) is 0 Å². The van der Waals surface area contributed by atoms with Crippen molar-refractivity contribution >= 4 is 19.5 Å². The Morgan fingerprint density at radius 3 is 2.29 bits per heavy atom. The van der Waals surface area contributed by atoms with Crippen LogP contribution in [0.3, 0.4) is 0 Å². The van der Waals surface area contributed by atoms with Crippen molar-refractivity contribution in [3.63, 3.8) is 0 Å². The van der Waals surface area contributed by atoms with Crippen LogP contribution in [0.5, 0.6) is 0 Å². The lowest BCUT2D eigenvalue weighted by Gasteiger charge is -2.45. The number of amides is 2. The highest BCUT2D eigenvalue weighted by Crippen LogP contribution is 2.43. The van der Waals surface area contributed by atoms with Gasteiger partial charge in [-0.2, -0.15) is 13.5 Å². The van der Waals surface area contributed by atoms with Crippen molar-refractivity contribution < 1.29 is 4.79 Å². The van der Waals surface area contributed by atoms with Gasteiger partial charge in [-0.3, -0.25) is 0 Å². The highest BCUT2D eigenvalue weighted by molar-refractivity contribution is 7.59. The Bertz CT molecular complexity index is 273. The predicted molar refractivity (Wildman–Crippen MR) is 77.8 cm³/mol. The second-order valence-corrected chi connectivity index (χ2v) is 6.38. The van der Waals surface area contributed by atoms with Gasteiger partial charge in [0.2, 0.25) is 0 Å². The summed E-state index contributed by atoms with van der Waals surface area (Å²) in [6.45, 7) is 13.7. The predicted octanol–water partition coefficient (Wildman–Crippen LogP) is 3.12. The standard InChI is InChI=1S/C13H26N2O.H2S/c1-10(2)14-11(16)15-9-7-8-13(15,6)12(3,4)5;/h10H,7-9H2,1-6H3,(H,14,16);1H2/t13-;/m0./s1. The molecule has 102 valence electrons. The molecule has 1 heterocycles. The zero-order valence-electron chi connectivity index (χ0n) is 12.1. The smallest absolute Gasteiger partial charge is 0.318 e. The van der Waals surface area contributed by atoms with Gasteiger partial charge < -0.3 is 10.2 Å².